The van der Waals surface area contributed by atoms with Gasteiger partial charge in [0.15, 0.2) is 0 Å². The molecule has 46 valence electrons. The van der Waals surface area contributed by atoms with Crippen LogP contribution in [0, 0.1) is 0 Å². The molecule has 0 aliphatic heterocycles. The van der Waals surface area contributed by atoms with E-state index in [0.717, 1.165) is 5.57 Å². The predicted octanol–water partition coefficient (Wildman–Crippen LogP) is 3.09. The molecule has 0 aliphatic rings. The van der Waals surface area contributed by atoms with Gasteiger partial charge in [0.05, 0.1) is 0 Å². The van der Waals surface area contributed by atoms with Crippen LogP contribution < -0.4 is 0 Å². The second-order valence-electron chi connectivity index (χ2n) is 1.41. The summed E-state index contributed by atoms with van der Waals surface area (Å²) in [6, 6.07) is 0. The summed E-state index contributed by atoms with van der Waals surface area (Å²) in [5.74, 6) is 0. The zero-order chi connectivity index (χ0) is 6.41. The first-order valence-corrected chi connectivity index (χ1v) is 4.91. The van der Waals surface area contributed by atoms with Gasteiger partial charge < -0.3 is 0 Å². The van der Waals surface area contributed by atoms with Gasteiger partial charge >= 0.3 is 0 Å². The van der Waals surface area contributed by atoms with Crippen molar-refractivity contribution in [2.75, 3.05) is 6.26 Å². The van der Waals surface area contributed by atoms with E-state index in [9.17, 15) is 0 Å². The maximum absolute atomic E-state index is 3.72. The van der Waals surface area contributed by atoms with Gasteiger partial charge in [-0.3, -0.25) is 0 Å². The molecule has 8 heavy (non-hydrogen) atoms. The Hall–Kier alpha value is 0.180. The van der Waals surface area contributed by atoms with Gasteiger partial charge in [0.25, 0.3) is 0 Å². The molecular formula is C6H10S2. The van der Waals surface area contributed by atoms with Gasteiger partial charge in [-0.15, -0.1) is 0 Å². The standard InChI is InChI=1S/C6H10S2/c1-6(2)4-5-8-7-3/h4-5H,1H2,2-3H3/b5-4-. The lowest BCUT2D eigenvalue weighted by Gasteiger charge is -1.83. The monoisotopic (exact) mass is 146 g/mol. The fraction of sp³-hybridized carbons (Fsp3) is 0.333. The summed E-state index contributed by atoms with van der Waals surface area (Å²) < 4.78 is 0. The minimum atomic E-state index is 1.10. The zero-order valence-electron chi connectivity index (χ0n) is 5.18. The van der Waals surface area contributed by atoms with Gasteiger partial charge in [0.2, 0.25) is 0 Å². The van der Waals surface area contributed by atoms with Gasteiger partial charge in [-0.05, 0) is 18.6 Å². The number of hydrogen-bond donors (Lipinski definition) is 0. The van der Waals surface area contributed by atoms with Crippen LogP contribution in [-0.2, 0) is 0 Å². The molecule has 0 saturated carbocycles. The van der Waals surface area contributed by atoms with E-state index in [2.05, 4.69) is 6.58 Å². The maximum atomic E-state index is 3.72. The lowest BCUT2D eigenvalue weighted by Crippen LogP contribution is -1.55. The summed E-state index contributed by atoms with van der Waals surface area (Å²) >= 11 is 0. The SMILES string of the molecule is C=C(C)/C=C\SSC. The van der Waals surface area contributed by atoms with Crippen LogP contribution in [0.5, 0.6) is 0 Å². The van der Waals surface area contributed by atoms with Gasteiger partial charge in [-0.25, -0.2) is 0 Å². The lowest BCUT2D eigenvalue weighted by molar-refractivity contribution is 1.58. The Morgan fingerprint density at radius 3 is 2.62 bits per heavy atom. The molecule has 0 fully saturated rings. The molecule has 0 aromatic carbocycles. The summed E-state index contributed by atoms with van der Waals surface area (Å²) in [5.41, 5.74) is 1.10. The van der Waals surface area contributed by atoms with Crippen LogP contribution in [-0.4, -0.2) is 6.26 Å². The molecule has 0 heterocycles. The predicted molar refractivity (Wildman–Crippen MR) is 45.1 cm³/mol. The average molecular weight is 146 g/mol. The Bertz CT molecular complexity index is 94.7. The summed E-state index contributed by atoms with van der Waals surface area (Å²) in [5, 5.41) is 2.03. The van der Waals surface area contributed by atoms with Crippen LogP contribution in [0.2, 0.25) is 0 Å². The molecule has 0 unspecified atom stereocenters. The van der Waals surface area contributed by atoms with E-state index >= 15 is 0 Å². The van der Waals surface area contributed by atoms with E-state index in [1.165, 1.54) is 0 Å². The van der Waals surface area contributed by atoms with Crippen molar-refractivity contribution < 1.29 is 0 Å². The second-order valence-corrected chi connectivity index (χ2v) is 3.79. The van der Waals surface area contributed by atoms with E-state index < -0.39 is 0 Å². The first-order chi connectivity index (χ1) is 3.77. The van der Waals surface area contributed by atoms with Crippen LogP contribution in [0.25, 0.3) is 0 Å². The van der Waals surface area contributed by atoms with Crippen molar-refractivity contribution in [1.29, 1.82) is 0 Å². The number of allylic oxidation sites excluding steroid dienone is 2. The Morgan fingerprint density at radius 1 is 1.62 bits per heavy atom. The van der Waals surface area contributed by atoms with Crippen LogP contribution in [0.1, 0.15) is 6.92 Å². The van der Waals surface area contributed by atoms with E-state index in [-0.39, 0.29) is 0 Å². The summed E-state index contributed by atoms with van der Waals surface area (Å²) in [6.07, 6.45) is 4.05. The Balaban J connectivity index is 3.20. The van der Waals surface area contributed by atoms with Crippen LogP contribution >= 0.6 is 21.6 Å². The van der Waals surface area contributed by atoms with Crippen LogP contribution in [0.4, 0.5) is 0 Å². The highest BCUT2D eigenvalue weighted by molar-refractivity contribution is 8.77. The summed E-state index contributed by atoms with van der Waals surface area (Å²) in [6.45, 7) is 5.70. The third-order valence-electron chi connectivity index (χ3n) is 0.504. The summed E-state index contributed by atoms with van der Waals surface area (Å²) in [4.78, 5) is 0. The molecule has 0 bridgehead atoms. The lowest BCUT2D eigenvalue weighted by atomic mass is 10.4. The molecule has 0 saturated heterocycles. The fourth-order valence-corrected chi connectivity index (χ4v) is 1.10. The minimum Gasteiger partial charge on any atom is -0.0961 e. The molecule has 0 aromatic rings. The van der Waals surface area contributed by atoms with E-state index in [1.807, 2.05) is 24.7 Å². The van der Waals surface area contributed by atoms with Gasteiger partial charge in [-0.1, -0.05) is 39.8 Å². The molecule has 0 spiro atoms. The number of hydrogen-bond acceptors (Lipinski definition) is 2. The van der Waals surface area contributed by atoms with Crippen molar-refractivity contribution in [1.82, 2.24) is 0 Å². The van der Waals surface area contributed by atoms with Crippen LogP contribution in [0.3, 0.4) is 0 Å². The highest BCUT2D eigenvalue weighted by atomic mass is 33.1. The maximum Gasteiger partial charge on any atom is -0.00759 e. The molecule has 0 N–H and O–H groups in total. The first-order valence-electron chi connectivity index (χ1n) is 2.29. The molecule has 0 nitrogen and oxygen atoms in total. The third-order valence-corrected chi connectivity index (χ3v) is 1.85. The van der Waals surface area contributed by atoms with Gasteiger partial charge in [0.1, 0.15) is 0 Å². The van der Waals surface area contributed by atoms with E-state index in [0.29, 0.717) is 0 Å². The van der Waals surface area contributed by atoms with Crippen molar-refractivity contribution in [2.24, 2.45) is 0 Å². The quantitative estimate of drug-likeness (QED) is 0.443. The average Bonchev–Trinajstić information content (AvgIpc) is 1.66. The molecular weight excluding hydrogens is 136 g/mol. The second kappa shape index (κ2) is 5.32. The molecule has 0 radical (unpaired) electrons. The Labute approximate surface area is 58.8 Å². The highest BCUT2D eigenvalue weighted by Gasteiger charge is 1.72. The third kappa shape index (κ3) is 6.18. The Kier molecular flexibility index (Phi) is 5.44. The Morgan fingerprint density at radius 2 is 2.25 bits per heavy atom. The van der Waals surface area contributed by atoms with Crippen molar-refractivity contribution in [3.8, 4) is 0 Å². The van der Waals surface area contributed by atoms with Gasteiger partial charge in [0, 0.05) is 0 Å². The van der Waals surface area contributed by atoms with Crippen molar-refractivity contribution >= 4 is 21.6 Å². The molecule has 0 atom stereocenters. The highest BCUT2D eigenvalue weighted by Crippen LogP contribution is 2.18. The van der Waals surface area contributed by atoms with E-state index in [4.69, 9.17) is 0 Å². The topological polar surface area (TPSA) is 0 Å². The molecule has 0 aliphatic carbocycles. The summed E-state index contributed by atoms with van der Waals surface area (Å²) in [7, 11) is 3.44. The first kappa shape index (κ1) is 8.18. The van der Waals surface area contributed by atoms with Crippen molar-refractivity contribution in [3.63, 3.8) is 0 Å². The smallest absolute Gasteiger partial charge is 0.00759 e. The fourth-order valence-electron chi connectivity index (χ4n) is 0.199. The van der Waals surface area contributed by atoms with Gasteiger partial charge in [-0.2, -0.15) is 0 Å². The van der Waals surface area contributed by atoms with E-state index in [1.54, 1.807) is 21.6 Å². The molecule has 0 aromatic heterocycles. The van der Waals surface area contributed by atoms with Crippen LogP contribution in [0.15, 0.2) is 23.6 Å². The molecule has 0 rings (SSSR count). The molecule has 0 amide bonds. The minimum absolute atomic E-state index is 1.10. The normalized spacial score (nSPS) is 10.2. The molecule has 2 heteroatoms. The zero-order valence-corrected chi connectivity index (χ0v) is 6.81. The van der Waals surface area contributed by atoms with Crippen molar-refractivity contribution in [2.45, 2.75) is 6.92 Å². The number of rotatable bonds is 3. The van der Waals surface area contributed by atoms with Crippen molar-refractivity contribution in [3.05, 3.63) is 23.6 Å². The largest absolute Gasteiger partial charge is 0.0961 e.